The highest BCUT2D eigenvalue weighted by atomic mass is 16.5. The standard InChI is InChI=1S/C22H26NO3/c1-16-21(17-10-5-8-13-20(17)26-16)22(24)18-11-6-7-12-19(18)25-15-9-14-23(2,3)4/h5-8,10-13H,9,14-15H2,1-4H3/q+1. The number of hydrogen-bond donors (Lipinski definition) is 0. The van der Waals surface area contributed by atoms with Crippen molar-refractivity contribution < 1.29 is 18.4 Å². The monoisotopic (exact) mass is 352 g/mol. The van der Waals surface area contributed by atoms with Gasteiger partial charge in [-0.15, -0.1) is 0 Å². The van der Waals surface area contributed by atoms with Gasteiger partial charge in [-0.1, -0.05) is 30.3 Å². The average Bonchev–Trinajstić information content (AvgIpc) is 2.93. The molecule has 0 saturated carbocycles. The number of fused-ring (bicyclic) bond motifs is 1. The molecule has 3 rings (SSSR count). The van der Waals surface area contributed by atoms with Gasteiger partial charge in [-0.25, -0.2) is 0 Å². The summed E-state index contributed by atoms with van der Waals surface area (Å²) in [6, 6.07) is 15.1. The van der Waals surface area contributed by atoms with E-state index >= 15 is 0 Å². The van der Waals surface area contributed by atoms with Gasteiger partial charge in [-0.05, 0) is 25.1 Å². The zero-order valence-corrected chi connectivity index (χ0v) is 15.9. The van der Waals surface area contributed by atoms with Crippen LogP contribution in [0.1, 0.15) is 28.1 Å². The first kappa shape index (κ1) is 18.2. The first-order valence-electron chi connectivity index (χ1n) is 8.92. The van der Waals surface area contributed by atoms with Gasteiger partial charge in [0.25, 0.3) is 0 Å². The minimum Gasteiger partial charge on any atom is -0.493 e. The van der Waals surface area contributed by atoms with Crippen LogP contribution in [0.25, 0.3) is 11.0 Å². The summed E-state index contributed by atoms with van der Waals surface area (Å²) < 4.78 is 12.6. The molecular weight excluding hydrogens is 326 g/mol. The fourth-order valence-electron chi connectivity index (χ4n) is 3.09. The predicted octanol–water partition coefficient (Wildman–Crippen LogP) is 4.45. The second-order valence-electron chi connectivity index (χ2n) is 7.57. The van der Waals surface area contributed by atoms with E-state index in [1.165, 1.54) is 0 Å². The molecule has 2 aromatic carbocycles. The van der Waals surface area contributed by atoms with Gasteiger partial charge in [0.2, 0.25) is 5.78 Å². The first-order chi connectivity index (χ1) is 12.4. The van der Waals surface area contributed by atoms with E-state index in [0.29, 0.717) is 29.2 Å². The molecule has 0 bridgehead atoms. The molecule has 0 aliphatic rings. The van der Waals surface area contributed by atoms with Gasteiger partial charge in [0.1, 0.15) is 17.1 Å². The SMILES string of the molecule is Cc1oc2ccccc2c1C(=O)c1ccccc1OCCC[N+](C)(C)C. The van der Waals surface area contributed by atoms with Crippen molar-refractivity contribution in [2.24, 2.45) is 0 Å². The second kappa shape index (κ2) is 7.34. The molecule has 0 aliphatic carbocycles. The van der Waals surface area contributed by atoms with Gasteiger partial charge >= 0.3 is 0 Å². The van der Waals surface area contributed by atoms with Crippen molar-refractivity contribution in [1.82, 2.24) is 0 Å². The highest BCUT2D eigenvalue weighted by Crippen LogP contribution is 2.30. The number of ether oxygens (including phenoxy) is 1. The fraction of sp³-hybridized carbons (Fsp3) is 0.318. The summed E-state index contributed by atoms with van der Waals surface area (Å²) in [5, 5.41) is 0.842. The molecule has 0 N–H and O–H groups in total. The third kappa shape index (κ3) is 3.97. The highest BCUT2D eigenvalue weighted by Gasteiger charge is 2.22. The van der Waals surface area contributed by atoms with Crippen LogP contribution in [0, 0.1) is 6.92 Å². The van der Waals surface area contributed by atoms with Crippen LogP contribution in [0.4, 0.5) is 0 Å². The Labute approximate surface area is 154 Å². The number of benzene rings is 2. The number of aryl methyl sites for hydroxylation is 1. The predicted molar refractivity (Wildman–Crippen MR) is 104 cm³/mol. The summed E-state index contributed by atoms with van der Waals surface area (Å²) in [4.78, 5) is 13.2. The maximum absolute atomic E-state index is 13.2. The van der Waals surface area contributed by atoms with Crippen LogP contribution >= 0.6 is 0 Å². The summed E-state index contributed by atoms with van der Waals surface area (Å²) in [5.74, 6) is 1.20. The number of furan rings is 1. The van der Waals surface area contributed by atoms with Gasteiger partial charge in [0, 0.05) is 11.8 Å². The van der Waals surface area contributed by atoms with Crippen molar-refractivity contribution in [2.75, 3.05) is 34.3 Å². The second-order valence-corrected chi connectivity index (χ2v) is 7.57. The molecule has 1 aromatic heterocycles. The number of nitrogens with zero attached hydrogens (tertiary/aromatic N) is 1. The van der Waals surface area contributed by atoms with Crippen molar-refractivity contribution in [1.29, 1.82) is 0 Å². The van der Waals surface area contributed by atoms with Crippen LogP contribution in [0.3, 0.4) is 0 Å². The number of carbonyl (C=O) groups is 1. The molecule has 0 unspecified atom stereocenters. The quantitative estimate of drug-likeness (QED) is 0.358. The van der Waals surface area contributed by atoms with Crippen molar-refractivity contribution in [2.45, 2.75) is 13.3 Å². The lowest BCUT2D eigenvalue weighted by Crippen LogP contribution is -2.36. The van der Waals surface area contributed by atoms with E-state index in [1.807, 2.05) is 55.5 Å². The molecule has 136 valence electrons. The van der Waals surface area contributed by atoms with Gasteiger partial charge in [-0.3, -0.25) is 4.79 Å². The topological polar surface area (TPSA) is 39.4 Å². The summed E-state index contributed by atoms with van der Waals surface area (Å²) in [6.07, 6.45) is 0.930. The number of carbonyl (C=O) groups excluding carboxylic acids is 1. The summed E-state index contributed by atoms with van der Waals surface area (Å²) >= 11 is 0. The Bertz CT molecular complexity index is 919. The molecule has 0 aliphatic heterocycles. The zero-order valence-electron chi connectivity index (χ0n) is 15.9. The molecule has 0 fully saturated rings. The van der Waals surface area contributed by atoms with E-state index in [9.17, 15) is 4.79 Å². The normalized spacial score (nSPS) is 11.7. The van der Waals surface area contributed by atoms with Crippen molar-refractivity contribution >= 4 is 16.8 Å². The number of para-hydroxylation sites is 2. The van der Waals surface area contributed by atoms with E-state index in [-0.39, 0.29) is 5.78 Å². The number of rotatable bonds is 7. The Hall–Kier alpha value is -2.59. The highest BCUT2D eigenvalue weighted by molar-refractivity contribution is 6.17. The minimum absolute atomic E-state index is 0.0605. The Morgan fingerprint density at radius 3 is 2.50 bits per heavy atom. The molecule has 3 aromatic rings. The molecule has 0 spiro atoms. The van der Waals surface area contributed by atoms with Crippen LogP contribution in [0.15, 0.2) is 52.9 Å². The number of ketones is 1. The van der Waals surface area contributed by atoms with E-state index in [4.69, 9.17) is 9.15 Å². The maximum atomic E-state index is 13.2. The van der Waals surface area contributed by atoms with Gasteiger partial charge in [0.15, 0.2) is 0 Å². The first-order valence-corrected chi connectivity index (χ1v) is 8.92. The lowest BCUT2D eigenvalue weighted by atomic mass is 10.00. The van der Waals surface area contributed by atoms with Crippen molar-refractivity contribution in [3.8, 4) is 5.75 Å². The molecule has 26 heavy (non-hydrogen) atoms. The molecule has 4 nitrogen and oxygen atoms in total. The number of quaternary nitrogens is 1. The maximum Gasteiger partial charge on any atom is 0.200 e. The van der Waals surface area contributed by atoms with Crippen LogP contribution in [0.2, 0.25) is 0 Å². The van der Waals surface area contributed by atoms with Gasteiger partial charge < -0.3 is 13.6 Å². The van der Waals surface area contributed by atoms with E-state index < -0.39 is 0 Å². The third-order valence-electron chi connectivity index (χ3n) is 4.36. The molecule has 1 heterocycles. The molecule has 0 amide bonds. The van der Waals surface area contributed by atoms with Gasteiger partial charge in [-0.2, -0.15) is 0 Å². The van der Waals surface area contributed by atoms with Crippen LogP contribution in [-0.4, -0.2) is 44.6 Å². The van der Waals surface area contributed by atoms with Crippen molar-refractivity contribution in [3.63, 3.8) is 0 Å². The zero-order chi connectivity index (χ0) is 18.7. The lowest BCUT2D eigenvalue weighted by Gasteiger charge is -2.23. The minimum atomic E-state index is -0.0605. The molecular formula is C22H26NO3+. The molecule has 4 heteroatoms. The lowest BCUT2D eigenvalue weighted by molar-refractivity contribution is -0.870. The summed E-state index contributed by atoms with van der Waals surface area (Å²) in [7, 11) is 6.47. The Balaban J connectivity index is 1.85. The fourth-order valence-corrected chi connectivity index (χ4v) is 3.09. The summed E-state index contributed by atoms with van der Waals surface area (Å²) in [5.41, 5.74) is 1.92. The van der Waals surface area contributed by atoms with E-state index in [2.05, 4.69) is 21.1 Å². The van der Waals surface area contributed by atoms with E-state index in [0.717, 1.165) is 28.4 Å². The Morgan fingerprint density at radius 2 is 1.73 bits per heavy atom. The van der Waals surface area contributed by atoms with E-state index in [1.54, 1.807) is 0 Å². The molecule has 0 radical (unpaired) electrons. The van der Waals surface area contributed by atoms with Gasteiger partial charge in [0.05, 0.1) is 45.4 Å². The molecule has 0 saturated heterocycles. The number of hydrogen-bond acceptors (Lipinski definition) is 3. The van der Waals surface area contributed by atoms with Crippen LogP contribution in [0.5, 0.6) is 5.75 Å². The smallest absolute Gasteiger partial charge is 0.200 e. The Kier molecular flexibility index (Phi) is 5.14. The van der Waals surface area contributed by atoms with Crippen LogP contribution < -0.4 is 4.74 Å². The average molecular weight is 352 g/mol. The Morgan fingerprint density at radius 1 is 1.04 bits per heavy atom. The molecule has 0 atom stereocenters. The largest absolute Gasteiger partial charge is 0.493 e. The third-order valence-corrected chi connectivity index (χ3v) is 4.36. The summed E-state index contributed by atoms with van der Waals surface area (Å²) in [6.45, 7) is 3.43. The van der Waals surface area contributed by atoms with Crippen LogP contribution in [-0.2, 0) is 0 Å². The van der Waals surface area contributed by atoms with Crippen molar-refractivity contribution in [3.05, 3.63) is 65.4 Å².